The zero-order valence-corrected chi connectivity index (χ0v) is 17.7. The highest BCUT2D eigenvalue weighted by Crippen LogP contribution is 2.35. The topological polar surface area (TPSA) is 49.4 Å². The van der Waals surface area contributed by atoms with E-state index in [1.165, 1.54) is 4.90 Å². The van der Waals surface area contributed by atoms with Crippen molar-refractivity contribution in [3.63, 3.8) is 0 Å². The van der Waals surface area contributed by atoms with Gasteiger partial charge < -0.3 is 5.32 Å². The van der Waals surface area contributed by atoms with Gasteiger partial charge >= 0.3 is 0 Å². The highest BCUT2D eigenvalue weighted by Gasteiger charge is 2.40. The van der Waals surface area contributed by atoms with Crippen LogP contribution in [-0.4, -0.2) is 11.8 Å². The maximum Gasteiger partial charge on any atom is 0.282 e. The number of carbonyl (C=O) groups is 2. The predicted octanol–water partition coefficient (Wildman–Crippen LogP) is 5.46. The molecule has 0 fully saturated rings. The number of hydrogen-bond acceptors (Lipinski definition) is 3. The van der Waals surface area contributed by atoms with Gasteiger partial charge in [-0.2, -0.15) is 0 Å². The van der Waals surface area contributed by atoms with E-state index in [9.17, 15) is 9.59 Å². The molecule has 2 amide bonds. The molecule has 3 aromatic rings. The highest BCUT2D eigenvalue weighted by atomic mass is 79.9. The summed E-state index contributed by atoms with van der Waals surface area (Å²) in [5, 5.41) is 3.18. The number of amides is 2. The lowest BCUT2D eigenvalue weighted by Crippen LogP contribution is -2.33. The van der Waals surface area contributed by atoms with Crippen molar-refractivity contribution < 1.29 is 9.59 Å². The third-order valence-electron chi connectivity index (χ3n) is 4.83. The number of hydrogen-bond donors (Lipinski definition) is 1. The Morgan fingerprint density at radius 2 is 1.59 bits per heavy atom. The summed E-state index contributed by atoms with van der Waals surface area (Å²) in [6.45, 7) is 3.89. The van der Waals surface area contributed by atoms with Crippen LogP contribution in [-0.2, 0) is 9.59 Å². The van der Waals surface area contributed by atoms with Crippen molar-refractivity contribution in [2.45, 2.75) is 13.8 Å². The summed E-state index contributed by atoms with van der Waals surface area (Å²) in [7, 11) is 0. The van der Waals surface area contributed by atoms with E-state index in [2.05, 4.69) is 21.2 Å². The molecule has 0 atom stereocenters. The Bertz CT molecular complexity index is 1150. The van der Waals surface area contributed by atoms with Crippen molar-refractivity contribution in [3.8, 4) is 0 Å². The zero-order valence-electron chi connectivity index (χ0n) is 16.1. The number of carbonyl (C=O) groups excluding carboxylic acids is 2. The number of rotatable bonds is 4. The van der Waals surface area contributed by atoms with Gasteiger partial charge in [0, 0.05) is 10.2 Å². The fourth-order valence-corrected chi connectivity index (χ4v) is 3.90. The van der Waals surface area contributed by atoms with Gasteiger partial charge in [-0.25, -0.2) is 4.90 Å². The van der Waals surface area contributed by atoms with Gasteiger partial charge in [0.05, 0.1) is 11.3 Å². The van der Waals surface area contributed by atoms with Crippen LogP contribution in [0.1, 0.15) is 16.7 Å². The van der Waals surface area contributed by atoms with Crippen LogP contribution in [0.5, 0.6) is 0 Å². The van der Waals surface area contributed by atoms with E-state index in [1.807, 2.05) is 86.6 Å². The van der Waals surface area contributed by atoms with Crippen molar-refractivity contribution in [1.82, 2.24) is 0 Å². The Morgan fingerprint density at radius 3 is 2.28 bits per heavy atom. The second-order valence-electron chi connectivity index (χ2n) is 6.99. The number of anilines is 2. The number of aryl methyl sites for hydroxylation is 2. The molecule has 1 aliphatic rings. The van der Waals surface area contributed by atoms with E-state index in [0.29, 0.717) is 16.8 Å². The second kappa shape index (κ2) is 7.68. The fraction of sp³-hybridized carbons (Fsp3) is 0.0833. The monoisotopic (exact) mass is 446 g/mol. The maximum atomic E-state index is 13.4. The molecule has 0 bridgehead atoms. The van der Waals surface area contributed by atoms with Gasteiger partial charge in [-0.15, -0.1) is 0 Å². The lowest BCUT2D eigenvalue weighted by molar-refractivity contribution is -0.120. The molecule has 0 spiro atoms. The van der Waals surface area contributed by atoms with Gasteiger partial charge in [-0.3, -0.25) is 9.59 Å². The molecule has 0 aromatic heterocycles. The van der Waals surface area contributed by atoms with Crippen LogP contribution >= 0.6 is 15.9 Å². The van der Waals surface area contributed by atoms with Gasteiger partial charge in [-0.05, 0) is 49.2 Å². The summed E-state index contributed by atoms with van der Waals surface area (Å²) in [6, 6.07) is 22.5. The van der Waals surface area contributed by atoms with Gasteiger partial charge in [0.15, 0.2) is 0 Å². The molecule has 29 heavy (non-hydrogen) atoms. The first-order chi connectivity index (χ1) is 14.0. The molecule has 5 heteroatoms. The predicted molar refractivity (Wildman–Crippen MR) is 120 cm³/mol. The first-order valence-corrected chi connectivity index (χ1v) is 10.0. The van der Waals surface area contributed by atoms with Crippen LogP contribution in [0.4, 0.5) is 11.4 Å². The summed E-state index contributed by atoms with van der Waals surface area (Å²) < 4.78 is 0.882. The van der Waals surface area contributed by atoms with E-state index in [4.69, 9.17) is 0 Å². The molecule has 0 unspecified atom stereocenters. The number of halogens is 1. The van der Waals surface area contributed by atoms with E-state index in [0.717, 1.165) is 21.3 Å². The number of imide groups is 1. The van der Waals surface area contributed by atoms with E-state index < -0.39 is 0 Å². The van der Waals surface area contributed by atoms with Crippen LogP contribution < -0.4 is 10.2 Å². The number of nitrogens with one attached hydrogen (secondary N) is 1. The van der Waals surface area contributed by atoms with Crippen molar-refractivity contribution in [2.24, 2.45) is 0 Å². The molecule has 1 aliphatic heterocycles. The van der Waals surface area contributed by atoms with E-state index in [-0.39, 0.29) is 17.5 Å². The van der Waals surface area contributed by atoms with E-state index >= 15 is 0 Å². The van der Waals surface area contributed by atoms with Crippen LogP contribution in [0.15, 0.2) is 83.0 Å². The number of benzene rings is 3. The third-order valence-corrected chi connectivity index (χ3v) is 5.33. The molecule has 1 heterocycles. The molecular weight excluding hydrogens is 428 g/mol. The SMILES string of the molecule is Cc1ccc(N2C(=O)C(Nc3cccc(Br)c3)=C(c3ccccc3)C2=O)c(C)c1. The Balaban J connectivity index is 1.84. The second-order valence-corrected chi connectivity index (χ2v) is 7.90. The minimum atomic E-state index is -0.360. The molecule has 4 rings (SSSR count). The largest absolute Gasteiger partial charge is 0.350 e. The van der Waals surface area contributed by atoms with Crippen molar-refractivity contribution >= 4 is 44.7 Å². The molecule has 4 nitrogen and oxygen atoms in total. The number of nitrogens with zero attached hydrogens (tertiary/aromatic N) is 1. The lowest BCUT2D eigenvalue weighted by atomic mass is 10.0. The quantitative estimate of drug-likeness (QED) is 0.541. The average molecular weight is 447 g/mol. The van der Waals surface area contributed by atoms with Gasteiger partial charge in [0.2, 0.25) is 0 Å². The van der Waals surface area contributed by atoms with Crippen molar-refractivity contribution in [3.05, 3.63) is 99.7 Å². The normalized spacial score (nSPS) is 14.0. The molecule has 144 valence electrons. The smallest absolute Gasteiger partial charge is 0.282 e. The van der Waals surface area contributed by atoms with Gasteiger partial charge in [-0.1, -0.05) is 70.0 Å². The molecule has 1 N–H and O–H groups in total. The minimum Gasteiger partial charge on any atom is -0.350 e. The van der Waals surface area contributed by atoms with Crippen molar-refractivity contribution in [1.29, 1.82) is 0 Å². The average Bonchev–Trinajstić information content (AvgIpc) is 2.93. The Labute approximate surface area is 178 Å². The first kappa shape index (κ1) is 19.2. The summed E-state index contributed by atoms with van der Waals surface area (Å²) in [4.78, 5) is 28.1. The first-order valence-electron chi connectivity index (χ1n) is 9.24. The molecule has 3 aromatic carbocycles. The Morgan fingerprint density at radius 1 is 0.828 bits per heavy atom. The van der Waals surface area contributed by atoms with Gasteiger partial charge in [0.1, 0.15) is 5.70 Å². The third kappa shape index (κ3) is 3.61. The van der Waals surface area contributed by atoms with Crippen LogP contribution in [0.2, 0.25) is 0 Å². The fourth-order valence-electron chi connectivity index (χ4n) is 3.50. The molecule has 0 radical (unpaired) electrons. The summed E-state index contributed by atoms with van der Waals surface area (Å²) in [5.74, 6) is -0.688. The minimum absolute atomic E-state index is 0.277. The van der Waals surface area contributed by atoms with Crippen LogP contribution in [0.3, 0.4) is 0 Å². The van der Waals surface area contributed by atoms with E-state index in [1.54, 1.807) is 0 Å². The highest BCUT2D eigenvalue weighted by molar-refractivity contribution is 9.10. The lowest BCUT2D eigenvalue weighted by Gasteiger charge is -2.18. The Kier molecular flexibility index (Phi) is 5.07. The zero-order chi connectivity index (χ0) is 20.5. The Hall–Kier alpha value is -3.18. The summed E-state index contributed by atoms with van der Waals surface area (Å²) in [5.41, 5.74) is 4.64. The molecular formula is C24H19BrN2O2. The standard InChI is InChI=1S/C24H19BrN2O2/c1-15-11-12-20(16(2)13-15)27-23(28)21(17-7-4-3-5-8-17)22(24(27)29)26-19-10-6-9-18(25)14-19/h3-14,26H,1-2H3. The van der Waals surface area contributed by atoms with Crippen LogP contribution in [0, 0.1) is 13.8 Å². The molecule has 0 aliphatic carbocycles. The molecule has 0 saturated carbocycles. The summed E-state index contributed by atoms with van der Waals surface area (Å²) >= 11 is 3.45. The van der Waals surface area contributed by atoms with Crippen LogP contribution in [0.25, 0.3) is 5.57 Å². The van der Waals surface area contributed by atoms with Crippen molar-refractivity contribution in [2.75, 3.05) is 10.2 Å². The molecule has 0 saturated heterocycles. The summed E-state index contributed by atoms with van der Waals surface area (Å²) in [6.07, 6.45) is 0. The van der Waals surface area contributed by atoms with Gasteiger partial charge in [0.25, 0.3) is 11.8 Å². The maximum absolute atomic E-state index is 13.4.